The second-order valence-electron chi connectivity index (χ2n) is 10.5. The molecule has 0 aromatic rings. The maximum Gasteiger partial charge on any atom is 0.306 e. The van der Waals surface area contributed by atoms with Gasteiger partial charge in [0.1, 0.15) is 0 Å². The summed E-state index contributed by atoms with van der Waals surface area (Å²) in [6, 6.07) is 0. The van der Waals surface area contributed by atoms with E-state index in [0.29, 0.717) is 52.7 Å². The second-order valence-corrected chi connectivity index (χ2v) is 10.5. The summed E-state index contributed by atoms with van der Waals surface area (Å²) in [5, 5.41) is 28.6. The van der Waals surface area contributed by atoms with Crippen molar-refractivity contribution in [2.24, 2.45) is 0 Å². The molecule has 0 rings (SSSR count). The van der Waals surface area contributed by atoms with Gasteiger partial charge in [0, 0.05) is 0 Å². The van der Waals surface area contributed by atoms with Gasteiger partial charge >= 0.3 is 5.97 Å². The van der Waals surface area contributed by atoms with Gasteiger partial charge in [-0.2, -0.15) is 0 Å². The lowest BCUT2D eigenvalue weighted by atomic mass is 9.93. The monoisotopic (exact) mass is 548 g/mol. The topological polar surface area (TPSA) is 115 Å². The summed E-state index contributed by atoms with van der Waals surface area (Å²) in [6.45, 7) is 4.96. The van der Waals surface area contributed by atoms with Crippen LogP contribution in [0, 0.1) is 0 Å². The van der Waals surface area contributed by atoms with Gasteiger partial charge in [0.15, 0.2) is 0 Å². The molecule has 0 fully saturated rings. The van der Waals surface area contributed by atoms with Crippen LogP contribution in [-0.4, -0.2) is 86.4 Å². The molecule has 0 saturated heterocycles. The van der Waals surface area contributed by atoms with Gasteiger partial charge in [-0.25, -0.2) is 0 Å². The van der Waals surface area contributed by atoms with Crippen molar-refractivity contribution in [3.05, 3.63) is 0 Å². The Balaban J connectivity index is 3.63. The maximum atomic E-state index is 11.2. The van der Waals surface area contributed by atoms with E-state index in [1.165, 1.54) is 83.5 Å². The number of rotatable bonds is 32. The van der Waals surface area contributed by atoms with Crippen LogP contribution in [0.3, 0.4) is 0 Å². The molecule has 3 N–H and O–H groups in total. The van der Waals surface area contributed by atoms with Crippen LogP contribution in [0.25, 0.3) is 0 Å². The number of aliphatic hydroxyl groups is 2. The summed E-state index contributed by atoms with van der Waals surface area (Å²) >= 11 is 0. The molecule has 8 nitrogen and oxygen atoms in total. The molecule has 0 saturated carbocycles. The quantitative estimate of drug-likeness (QED) is 0.0890. The van der Waals surface area contributed by atoms with Gasteiger partial charge in [0.05, 0.1) is 71.5 Å². The highest BCUT2D eigenvalue weighted by Crippen LogP contribution is 2.21. The number of hydrogen-bond donors (Lipinski definition) is 3. The van der Waals surface area contributed by atoms with Gasteiger partial charge in [-0.05, 0) is 6.42 Å². The molecule has 228 valence electrons. The normalized spacial score (nSPS) is 13.1. The van der Waals surface area contributed by atoms with Gasteiger partial charge in [-0.15, -0.1) is 0 Å². The lowest BCUT2D eigenvalue weighted by molar-refractivity contribution is -0.146. The molecule has 0 aliphatic heterocycles. The fraction of sp³-hybridized carbons (Fsp3) is 0.967. The van der Waals surface area contributed by atoms with Gasteiger partial charge in [-0.3, -0.25) is 4.79 Å². The molecule has 1 atom stereocenters. The first-order valence-electron chi connectivity index (χ1n) is 15.4. The molecule has 0 aromatic carbocycles. The van der Waals surface area contributed by atoms with Crippen LogP contribution >= 0.6 is 0 Å². The minimum Gasteiger partial charge on any atom is -0.481 e. The van der Waals surface area contributed by atoms with Gasteiger partial charge in [0.25, 0.3) is 0 Å². The highest BCUT2D eigenvalue weighted by Gasteiger charge is 2.30. The van der Waals surface area contributed by atoms with Crippen LogP contribution in [-0.2, 0) is 23.7 Å². The molecule has 0 aliphatic carbocycles. The van der Waals surface area contributed by atoms with E-state index in [0.717, 1.165) is 19.3 Å². The molecule has 0 bridgehead atoms. The van der Waals surface area contributed by atoms with Crippen molar-refractivity contribution >= 4 is 5.97 Å². The fourth-order valence-corrected chi connectivity index (χ4v) is 4.48. The van der Waals surface area contributed by atoms with Crippen LogP contribution in [0.1, 0.15) is 122 Å². The number of ether oxygens (including phenoxy) is 4. The number of aliphatic hydroxyl groups excluding tert-OH is 1. The number of unbranched alkanes of at least 4 members (excludes halogenated alkanes) is 15. The number of hydrogen-bond acceptors (Lipinski definition) is 7. The van der Waals surface area contributed by atoms with Crippen molar-refractivity contribution in [1.82, 2.24) is 0 Å². The molecular formula is C30H60O8. The zero-order valence-corrected chi connectivity index (χ0v) is 24.5. The number of carboxylic acid groups (broad SMARTS) is 1. The summed E-state index contributed by atoms with van der Waals surface area (Å²) in [5.41, 5.74) is -1.33. The van der Waals surface area contributed by atoms with Crippen LogP contribution in [0.2, 0.25) is 0 Å². The summed E-state index contributed by atoms with van der Waals surface area (Å²) in [5.74, 6) is -1.01. The predicted octanol–water partition coefficient (Wildman–Crippen LogP) is 5.90. The first kappa shape index (κ1) is 37.2. The smallest absolute Gasteiger partial charge is 0.306 e. The molecule has 0 aromatic heterocycles. The molecular weight excluding hydrogens is 488 g/mol. The van der Waals surface area contributed by atoms with Gasteiger partial charge in [0.2, 0.25) is 0 Å². The first-order valence-corrected chi connectivity index (χ1v) is 15.4. The highest BCUT2D eigenvalue weighted by atomic mass is 16.6. The fourth-order valence-electron chi connectivity index (χ4n) is 4.48. The number of carboxylic acids is 1. The Labute approximate surface area is 232 Å². The predicted molar refractivity (Wildman–Crippen MR) is 152 cm³/mol. The Kier molecular flexibility index (Phi) is 28.6. The summed E-state index contributed by atoms with van der Waals surface area (Å²) in [4.78, 5) is 11.2. The largest absolute Gasteiger partial charge is 0.481 e. The van der Waals surface area contributed by atoms with Crippen molar-refractivity contribution in [2.75, 3.05) is 59.5 Å². The van der Waals surface area contributed by atoms with E-state index in [1.807, 2.05) is 0 Å². The van der Waals surface area contributed by atoms with Gasteiger partial charge < -0.3 is 34.3 Å². The van der Waals surface area contributed by atoms with E-state index in [4.69, 9.17) is 24.1 Å². The Morgan fingerprint density at radius 1 is 0.579 bits per heavy atom. The molecule has 0 amide bonds. The van der Waals surface area contributed by atoms with Crippen LogP contribution in [0.4, 0.5) is 0 Å². The first-order chi connectivity index (χ1) is 18.5. The third-order valence-electron chi connectivity index (χ3n) is 6.70. The van der Waals surface area contributed by atoms with E-state index in [9.17, 15) is 15.0 Å². The van der Waals surface area contributed by atoms with Crippen molar-refractivity contribution in [2.45, 2.75) is 128 Å². The zero-order valence-electron chi connectivity index (χ0n) is 24.5. The molecule has 8 heteroatoms. The van der Waals surface area contributed by atoms with E-state index in [1.54, 1.807) is 0 Å². The van der Waals surface area contributed by atoms with Crippen LogP contribution in [0.5, 0.6) is 0 Å². The number of aliphatic carboxylic acids is 1. The average molecular weight is 549 g/mol. The van der Waals surface area contributed by atoms with E-state index in [2.05, 4.69) is 6.92 Å². The SMILES string of the molecule is CCCCCCCCCCCCCCCCCCC(O)(COCCOCCOCCOCCO)CC(=O)O. The Morgan fingerprint density at radius 3 is 1.34 bits per heavy atom. The average Bonchev–Trinajstić information content (AvgIpc) is 2.88. The van der Waals surface area contributed by atoms with Crippen LogP contribution in [0.15, 0.2) is 0 Å². The zero-order chi connectivity index (χ0) is 28.0. The molecule has 0 aliphatic rings. The standard InChI is InChI=1S/C30H60O8/c1-2-3-4-5-6-7-8-9-10-11-12-13-14-15-16-17-18-30(34,27-29(32)33)28-38-26-25-37-24-23-36-22-21-35-20-19-31/h31,34H,2-28H2,1H3,(H,32,33). The van der Waals surface area contributed by atoms with E-state index < -0.39 is 11.6 Å². The van der Waals surface area contributed by atoms with Crippen LogP contribution < -0.4 is 0 Å². The van der Waals surface area contributed by atoms with Crippen molar-refractivity contribution in [3.63, 3.8) is 0 Å². The van der Waals surface area contributed by atoms with Gasteiger partial charge in [-0.1, -0.05) is 110 Å². The number of carbonyl (C=O) groups is 1. The minimum absolute atomic E-state index is 0.0000952. The second kappa shape index (κ2) is 29.2. The summed E-state index contributed by atoms with van der Waals surface area (Å²) in [7, 11) is 0. The Hall–Kier alpha value is -0.770. The van der Waals surface area contributed by atoms with E-state index in [-0.39, 0.29) is 19.6 Å². The molecule has 0 spiro atoms. The summed E-state index contributed by atoms with van der Waals surface area (Å²) < 4.78 is 21.4. The molecule has 38 heavy (non-hydrogen) atoms. The third-order valence-corrected chi connectivity index (χ3v) is 6.70. The lowest BCUT2D eigenvalue weighted by Crippen LogP contribution is -2.37. The Bertz CT molecular complexity index is 491. The highest BCUT2D eigenvalue weighted by molar-refractivity contribution is 5.68. The Morgan fingerprint density at radius 2 is 0.947 bits per heavy atom. The molecule has 1 unspecified atom stereocenters. The third kappa shape index (κ3) is 28.2. The van der Waals surface area contributed by atoms with Crippen molar-refractivity contribution in [3.8, 4) is 0 Å². The molecule has 0 radical (unpaired) electrons. The van der Waals surface area contributed by atoms with E-state index >= 15 is 0 Å². The lowest BCUT2D eigenvalue weighted by Gasteiger charge is -2.26. The van der Waals surface area contributed by atoms with Crippen molar-refractivity contribution < 1.29 is 39.1 Å². The minimum atomic E-state index is -1.33. The van der Waals surface area contributed by atoms with Crippen molar-refractivity contribution in [1.29, 1.82) is 0 Å². The summed E-state index contributed by atoms with van der Waals surface area (Å²) in [6.07, 6.45) is 20.6. The molecule has 0 heterocycles. The maximum absolute atomic E-state index is 11.2.